The second-order valence-corrected chi connectivity index (χ2v) is 7.03. The van der Waals surface area contributed by atoms with Crippen molar-refractivity contribution in [3.63, 3.8) is 0 Å². The molecule has 0 aromatic heterocycles. The molecule has 5 nitrogen and oxygen atoms in total. The summed E-state index contributed by atoms with van der Waals surface area (Å²) in [6.45, 7) is 5.52. The van der Waals surface area contributed by atoms with Crippen molar-refractivity contribution in [2.45, 2.75) is 25.9 Å². The lowest BCUT2D eigenvalue weighted by atomic mass is 10.1. The molecule has 1 aliphatic heterocycles. The Morgan fingerprint density at radius 2 is 1.89 bits per heavy atom. The molecule has 0 bridgehead atoms. The van der Waals surface area contributed by atoms with Gasteiger partial charge in [-0.1, -0.05) is 24.3 Å². The second-order valence-electron chi connectivity index (χ2n) is 7.03. The molecule has 1 N–H and O–H groups in total. The van der Waals surface area contributed by atoms with Gasteiger partial charge in [-0.25, -0.2) is 4.39 Å². The summed E-state index contributed by atoms with van der Waals surface area (Å²) < 4.78 is 13.0. The van der Waals surface area contributed by atoms with E-state index in [1.54, 1.807) is 12.1 Å². The molecular formula is C22H25FN4O. The van der Waals surface area contributed by atoms with Gasteiger partial charge in [0.15, 0.2) is 0 Å². The number of hydrogen-bond acceptors (Lipinski definition) is 4. The number of para-hydroxylation sites is 1. The molecule has 0 aliphatic carbocycles. The third-order valence-electron chi connectivity index (χ3n) is 5.20. The minimum Gasteiger partial charge on any atom is -0.369 e. The summed E-state index contributed by atoms with van der Waals surface area (Å²) in [5.74, 6) is -0.314. The van der Waals surface area contributed by atoms with Crippen LogP contribution in [-0.4, -0.2) is 43.0 Å². The van der Waals surface area contributed by atoms with Crippen molar-refractivity contribution < 1.29 is 9.18 Å². The number of nitrogens with zero attached hydrogens (tertiary/aromatic N) is 3. The van der Waals surface area contributed by atoms with E-state index in [2.05, 4.69) is 21.2 Å². The standard InChI is InChI=1S/C22H25FN4O/c1-17(22(28)25-16-18-7-9-20(23)10-8-18)26-11-4-12-27(14-13-26)21-6-3-2-5-19(21)15-24/h2-3,5-10,17H,4,11-14,16H2,1H3,(H,25,28)/t17-/m1/s1. The molecule has 1 saturated heterocycles. The van der Waals surface area contributed by atoms with Crippen LogP contribution < -0.4 is 10.2 Å². The molecule has 1 fully saturated rings. The lowest BCUT2D eigenvalue weighted by Gasteiger charge is -2.27. The van der Waals surface area contributed by atoms with Gasteiger partial charge in [-0.15, -0.1) is 0 Å². The smallest absolute Gasteiger partial charge is 0.237 e. The first kappa shape index (κ1) is 19.8. The van der Waals surface area contributed by atoms with Crippen molar-refractivity contribution in [3.05, 3.63) is 65.5 Å². The zero-order valence-corrected chi connectivity index (χ0v) is 16.1. The molecule has 6 heteroatoms. The highest BCUT2D eigenvalue weighted by molar-refractivity contribution is 5.81. The zero-order chi connectivity index (χ0) is 19.9. The summed E-state index contributed by atoms with van der Waals surface area (Å²) in [6.07, 6.45) is 0.926. The van der Waals surface area contributed by atoms with Crippen molar-refractivity contribution in [2.24, 2.45) is 0 Å². The Morgan fingerprint density at radius 1 is 1.14 bits per heavy atom. The van der Waals surface area contributed by atoms with Gasteiger partial charge in [-0.2, -0.15) is 5.26 Å². The number of anilines is 1. The van der Waals surface area contributed by atoms with Gasteiger partial charge in [0, 0.05) is 32.7 Å². The molecule has 2 aromatic rings. The average molecular weight is 380 g/mol. The van der Waals surface area contributed by atoms with Crippen molar-refractivity contribution in [3.8, 4) is 6.07 Å². The van der Waals surface area contributed by atoms with Crippen LogP contribution in [-0.2, 0) is 11.3 Å². The summed E-state index contributed by atoms with van der Waals surface area (Å²) >= 11 is 0. The molecule has 2 aromatic carbocycles. The van der Waals surface area contributed by atoms with Gasteiger partial charge in [-0.3, -0.25) is 9.69 Å². The first-order chi connectivity index (χ1) is 13.6. The predicted molar refractivity (Wildman–Crippen MR) is 107 cm³/mol. The molecule has 146 valence electrons. The molecule has 0 saturated carbocycles. The molecule has 1 heterocycles. The van der Waals surface area contributed by atoms with E-state index in [0.29, 0.717) is 12.1 Å². The normalized spacial score (nSPS) is 16.1. The van der Waals surface area contributed by atoms with Crippen LogP contribution in [0.25, 0.3) is 0 Å². The van der Waals surface area contributed by atoms with Crippen molar-refractivity contribution in [1.82, 2.24) is 10.2 Å². The minimum absolute atomic E-state index is 0.0322. The fourth-order valence-corrected chi connectivity index (χ4v) is 3.51. The van der Waals surface area contributed by atoms with Crippen molar-refractivity contribution in [1.29, 1.82) is 5.26 Å². The molecular weight excluding hydrogens is 355 g/mol. The van der Waals surface area contributed by atoms with Crippen LogP contribution in [0.2, 0.25) is 0 Å². The van der Waals surface area contributed by atoms with Gasteiger partial charge < -0.3 is 10.2 Å². The number of nitrogens with one attached hydrogen (secondary N) is 1. The van der Waals surface area contributed by atoms with E-state index in [4.69, 9.17) is 0 Å². The Bertz CT molecular complexity index is 846. The summed E-state index contributed by atoms with van der Waals surface area (Å²) in [5.41, 5.74) is 2.51. The van der Waals surface area contributed by atoms with E-state index in [0.717, 1.165) is 43.9 Å². The number of hydrogen-bond donors (Lipinski definition) is 1. The lowest BCUT2D eigenvalue weighted by molar-refractivity contribution is -0.126. The van der Waals surface area contributed by atoms with E-state index in [1.807, 2.05) is 31.2 Å². The number of carbonyl (C=O) groups excluding carboxylic acids is 1. The number of nitriles is 1. The van der Waals surface area contributed by atoms with Crippen LogP contribution in [0.1, 0.15) is 24.5 Å². The molecule has 0 spiro atoms. The summed E-state index contributed by atoms with van der Waals surface area (Å²) in [6, 6.07) is 15.8. The molecule has 0 unspecified atom stereocenters. The molecule has 1 aliphatic rings. The number of benzene rings is 2. The highest BCUT2D eigenvalue weighted by atomic mass is 19.1. The van der Waals surface area contributed by atoms with Gasteiger partial charge >= 0.3 is 0 Å². The third kappa shape index (κ3) is 4.87. The zero-order valence-electron chi connectivity index (χ0n) is 16.1. The molecule has 1 amide bonds. The maximum Gasteiger partial charge on any atom is 0.237 e. The maximum atomic E-state index is 13.0. The number of halogens is 1. The fourth-order valence-electron chi connectivity index (χ4n) is 3.51. The van der Waals surface area contributed by atoms with Crippen LogP contribution >= 0.6 is 0 Å². The highest BCUT2D eigenvalue weighted by Gasteiger charge is 2.24. The van der Waals surface area contributed by atoms with Crippen LogP contribution in [0.5, 0.6) is 0 Å². The van der Waals surface area contributed by atoms with Gasteiger partial charge in [0.1, 0.15) is 11.9 Å². The first-order valence-electron chi connectivity index (χ1n) is 9.59. The highest BCUT2D eigenvalue weighted by Crippen LogP contribution is 2.21. The van der Waals surface area contributed by atoms with Crippen LogP contribution in [0, 0.1) is 17.1 Å². The largest absolute Gasteiger partial charge is 0.369 e. The first-order valence-corrected chi connectivity index (χ1v) is 9.59. The summed E-state index contributed by atoms with van der Waals surface area (Å²) in [7, 11) is 0. The van der Waals surface area contributed by atoms with Crippen LogP contribution in [0.15, 0.2) is 48.5 Å². The fraction of sp³-hybridized carbons (Fsp3) is 0.364. The van der Waals surface area contributed by atoms with E-state index in [1.165, 1.54) is 12.1 Å². The van der Waals surface area contributed by atoms with Gasteiger partial charge in [0.05, 0.1) is 17.3 Å². The topological polar surface area (TPSA) is 59.4 Å². The Morgan fingerprint density at radius 3 is 2.64 bits per heavy atom. The van der Waals surface area contributed by atoms with Gasteiger partial charge in [0.25, 0.3) is 0 Å². The maximum absolute atomic E-state index is 13.0. The van der Waals surface area contributed by atoms with Crippen molar-refractivity contribution >= 4 is 11.6 Å². The molecule has 28 heavy (non-hydrogen) atoms. The van der Waals surface area contributed by atoms with Crippen LogP contribution in [0.3, 0.4) is 0 Å². The van der Waals surface area contributed by atoms with E-state index in [9.17, 15) is 14.4 Å². The monoisotopic (exact) mass is 380 g/mol. The molecule has 0 radical (unpaired) electrons. The number of carbonyl (C=O) groups is 1. The van der Waals surface area contributed by atoms with Crippen LogP contribution in [0.4, 0.5) is 10.1 Å². The van der Waals surface area contributed by atoms with E-state index >= 15 is 0 Å². The molecule has 3 rings (SSSR count). The predicted octanol–water partition coefficient (Wildman–Crippen LogP) is 2.91. The average Bonchev–Trinajstić information content (AvgIpc) is 2.98. The van der Waals surface area contributed by atoms with Gasteiger partial charge in [0.2, 0.25) is 5.91 Å². The lowest BCUT2D eigenvalue weighted by Crippen LogP contribution is -2.46. The Labute approximate surface area is 165 Å². The Kier molecular flexibility index (Phi) is 6.62. The number of amides is 1. The number of rotatable bonds is 5. The minimum atomic E-state index is -0.282. The summed E-state index contributed by atoms with van der Waals surface area (Å²) in [4.78, 5) is 17.0. The Hall–Kier alpha value is -2.91. The third-order valence-corrected chi connectivity index (χ3v) is 5.20. The molecule has 1 atom stereocenters. The quantitative estimate of drug-likeness (QED) is 0.867. The van der Waals surface area contributed by atoms with E-state index < -0.39 is 0 Å². The van der Waals surface area contributed by atoms with E-state index in [-0.39, 0.29) is 17.8 Å². The Balaban J connectivity index is 1.56. The van der Waals surface area contributed by atoms with Gasteiger partial charge in [-0.05, 0) is 43.2 Å². The summed E-state index contributed by atoms with van der Waals surface area (Å²) in [5, 5.41) is 12.3. The van der Waals surface area contributed by atoms with Crippen molar-refractivity contribution in [2.75, 3.05) is 31.1 Å². The SMILES string of the molecule is C[C@H](C(=O)NCc1ccc(F)cc1)N1CCCN(c2ccccc2C#N)CC1. The second kappa shape index (κ2) is 9.34.